The minimum atomic E-state index is 0.918. The Hall–Kier alpha value is 0.01000. The van der Waals surface area contributed by atoms with E-state index >= 15 is 0 Å². The van der Waals surface area contributed by atoms with E-state index in [4.69, 9.17) is 0 Å². The molecule has 0 spiro atoms. The molecule has 1 heterocycles. The first kappa shape index (κ1) is 10.5. The van der Waals surface area contributed by atoms with Gasteiger partial charge in [-0.15, -0.1) is 24.0 Å². The van der Waals surface area contributed by atoms with E-state index in [1.807, 2.05) is 0 Å². The van der Waals surface area contributed by atoms with Crippen LogP contribution >= 0.6 is 39.9 Å². The van der Waals surface area contributed by atoms with Crippen LogP contribution in [0.25, 0.3) is 10.1 Å². The van der Waals surface area contributed by atoms with Gasteiger partial charge in [0.2, 0.25) is 0 Å². The summed E-state index contributed by atoms with van der Waals surface area (Å²) >= 11 is 9.70. The molecular weight excluding hydrogens is 276 g/mol. The fraction of sp³-hybridized carbons (Fsp3) is 0.273. The highest BCUT2D eigenvalue weighted by Gasteiger charge is 2.07. The third-order valence-corrected chi connectivity index (χ3v) is 4.39. The van der Waals surface area contributed by atoms with Crippen LogP contribution in [0.1, 0.15) is 18.1 Å². The van der Waals surface area contributed by atoms with Gasteiger partial charge < -0.3 is 0 Å². The Kier molecular flexibility index (Phi) is 3.20. The zero-order valence-electron chi connectivity index (χ0n) is 7.88. The first-order chi connectivity index (χ1) is 6.76. The second-order valence-electron chi connectivity index (χ2n) is 3.20. The fourth-order valence-corrected chi connectivity index (χ4v) is 3.65. The molecule has 14 heavy (non-hydrogen) atoms. The molecule has 0 unspecified atom stereocenters. The fourth-order valence-electron chi connectivity index (χ4n) is 1.64. The maximum atomic E-state index is 4.42. The minimum Gasteiger partial charge on any atom is -0.133 e. The Labute approximate surface area is 102 Å². The number of hydrogen-bond donors (Lipinski definition) is 1. The Morgan fingerprint density at radius 3 is 2.71 bits per heavy atom. The predicted octanol–water partition coefficient (Wildman–Crippen LogP) is 4.65. The van der Waals surface area contributed by atoms with Crippen molar-refractivity contribution in [1.29, 1.82) is 0 Å². The van der Waals surface area contributed by atoms with Gasteiger partial charge in [-0.3, -0.25) is 0 Å². The molecule has 0 saturated carbocycles. The standard InChI is InChI=1S/C11H11BrS2/c1-2-7-3-4-8(6-12)11-9(7)5-10(13)14-11/h3-5,13H,2,6H2,1H3. The molecule has 2 rings (SSSR count). The van der Waals surface area contributed by atoms with Crippen molar-refractivity contribution in [3.8, 4) is 0 Å². The van der Waals surface area contributed by atoms with E-state index in [1.54, 1.807) is 11.3 Å². The van der Waals surface area contributed by atoms with Crippen molar-refractivity contribution in [2.24, 2.45) is 0 Å². The van der Waals surface area contributed by atoms with E-state index in [1.165, 1.54) is 21.2 Å². The van der Waals surface area contributed by atoms with Crippen molar-refractivity contribution in [1.82, 2.24) is 0 Å². The van der Waals surface area contributed by atoms with Gasteiger partial charge in [-0.2, -0.15) is 0 Å². The van der Waals surface area contributed by atoms with E-state index in [2.05, 4.69) is 53.7 Å². The summed E-state index contributed by atoms with van der Waals surface area (Å²) in [4.78, 5) is 0. The molecule has 0 saturated heterocycles. The molecule has 2 aromatic rings. The maximum absolute atomic E-state index is 4.42. The number of alkyl halides is 1. The van der Waals surface area contributed by atoms with Crippen LogP contribution in [0.5, 0.6) is 0 Å². The van der Waals surface area contributed by atoms with Crippen LogP contribution in [0.4, 0.5) is 0 Å². The van der Waals surface area contributed by atoms with E-state index in [0.29, 0.717) is 0 Å². The number of halogens is 1. The molecular formula is C11H11BrS2. The summed E-state index contributed by atoms with van der Waals surface area (Å²) in [7, 11) is 0. The van der Waals surface area contributed by atoms with Crippen LogP contribution in [0.2, 0.25) is 0 Å². The number of hydrogen-bond acceptors (Lipinski definition) is 2. The highest BCUT2D eigenvalue weighted by molar-refractivity contribution is 9.08. The topological polar surface area (TPSA) is 0 Å². The minimum absolute atomic E-state index is 0.918. The molecule has 3 heteroatoms. The molecule has 0 aliphatic heterocycles. The van der Waals surface area contributed by atoms with Crippen LogP contribution in [-0.4, -0.2) is 0 Å². The molecule has 1 aromatic heterocycles. The number of rotatable bonds is 2. The summed E-state index contributed by atoms with van der Waals surface area (Å²) in [6.07, 6.45) is 1.09. The molecule has 0 N–H and O–H groups in total. The monoisotopic (exact) mass is 286 g/mol. The first-order valence-corrected chi connectivity index (χ1v) is 6.94. The normalized spacial score (nSPS) is 11.1. The van der Waals surface area contributed by atoms with E-state index in [0.717, 1.165) is 16.0 Å². The highest BCUT2D eigenvalue weighted by Crippen LogP contribution is 2.34. The van der Waals surface area contributed by atoms with Gasteiger partial charge in [-0.05, 0) is 29.0 Å². The van der Waals surface area contributed by atoms with Gasteiger partial charge in [-0.25, -0.2) is 0 Å². The molecule has 0 amide bonds. The number of thiophene rings is 1. The zero-order chi connectivity index (χ0) is 10.1. The summed E-state index contributed by atoms with van der Waals surface area (Å²) < 4.78 is 2.48. The Morgan fingerprint density at radius 2 is 2.07 bits per heavy atom. The van der Waals surface area contributed by atoms with Crippen molar-refractivity contribution in [3.63, 3.8) is 0 Å². The Morgan fingerprint density at radius 1 is 1.36 bits per heavy atom. The molecule has 0 aliphatic rings. The van der Waals surface area contributed by atoms with Gasteiger partial charge in [0.05, 0.1) is 4.21 Å². The number of aryl methyl sites for hydroxylation is 1. The molecule has 0 bridgehead atoms. The number of thiol groups is 1. The summed E-state index contributed by atoms with van der Waals surface area (Å²) in [6.45, 7) is 2.19. The molecule has 0 nitrogen and oxygen atoms in total. The molecule has 74 valence electrons. The van der Waals surface area contributed by atoms with Crippen LogP contribution < -0.4 is 0 Å². The van der Waals surface area contributed by atoms with Crippen molar-refractivity contribution in [3.05, 3.63) is 29.3 Å². The summed E-state index contributed by atoms with van der Waals surface area (Å²) in [5.74, 6) is 0. The number of benzene rings is 1. The quantitative estimate of drug-likeness (QED) is 0.603. The zero-order valence-corrected chi connectivity index (χ0v) is 11.2. The first-order valence-electron chi connectivity index (χ1n) is 4.55. The summed E-state index contributed by atoms with van der Waals surface area (Å²) in [5, 5.41) is 2.29. The van der Waals surface area contributed by atoms with Crippen LogP contribution in [-0.2, 0) is 11.8 Å². The van der Waals surface area contributed by atoms with E-state index in [-0.39, 0.29) is 0 Å². The Bertz CT molecular complexity index is 419. The second-order valence-corrected chi connectivity index (χ2v) is 5.60. The molecule has 0 atom stereocenters. The Balaban J connectivity index is 2.77. The average Bonchev–Trinajstić information content (AvgIpc) is 2.57. The summed E-state index contributed by atoms with van der Waals surface area (Å²) in [5.41, 5.74) is 2.78. The van der Waals surface area contributed by atoms with Crippen LogP contribution in [0.15, 0.2) is 22.4 Å². The van der Waals surface area contributed by atoms with Crippen molar-refractivity contribution in [2.75, 3.05) is 0 Å². The predicted molar refractivity (Wildman–Crippen MR) is 71.1 cm³/mol. The third-order valence-electron chi connectivity index (χ3n) is 2.37. The van der Waals surface area contributed by atoms with Crippen molar-refractivity contribution < 1.29 is 0 Å². The lowest BCUT2D eigenvalue weighted by Gasteiger charge is -2.02. The van der Waals surface area contributed by atoms with Crippen molar-refractivity contribution >= 4 is 50.0 Å². The van der Waals surface area contributed by atoms with Gasteiger partial charge in [0.25, 0.3) is 0 Å². The van der Waals surface area contributed by atoms with Gasteiger partial charge in [0.15, 0.2) is 0 Å². The molecule has 0 fully saturated rings. The SMILES string of the molecule is CCc1ccc(CBr)c2sc(S)cc12. The third kappa shape index (κ3) is 1.73. The second kappa shape index (κ2) is 4.25. The van der Waals surface area contributed by atoms with E-state index in [9.17, 15) is 0 Å². The largest absolute Gasteiger partial charge is 0.133 e. The lowest BCUT2D eigenvalue weighted by molar-refractivity contribution is 1.16. The smallest absolute Gasteiger partial charge is 0.0580 e. The number of fused-ring (bicyclic) bond motifs is 1. The summed E-state index contributed by atoms with van der Waals surface area (Å²) in [6, 6.07) is 6.60. The average molecular weight is 287 g/mol. The molecule has 0 radical (unpaired) electrons. The van der Waals surface area contributed by atoms with Crippen LogP contribution in [0, 0.1) is 0 Å². The lowest BCUT2D eigenvalue weighted by Crippen LogP contribution is -1.84. The van der Waals surface area contributed by atoms with Crippen LogP contribution in [0.3, 0.4) is 0 Å². The highest BCUT2D eigenvalue weighted by atomic mass is 79.9. The van der Waals surface area contributed by atoms with Gasteiger partial charge in [0, 0.05) is 10.0 Å². The molecule has 1 aromatic carbocycles. The van der Waals surface area contributed by atoms with E-state index < -0.39 is 0 Å². The lowest BCUT2D eigenvalue weighted by atomic mass is 10.1. The maximum Gasteiger partial charge on any atom is 0.0580 e. The van der Waals surface area contributed by atoms with Gasteiger partial charge in [-0.1, -0.05) is 35.0 Å². The van der Waals surface area contributed by atoms with Gasteiger partial charge >= 0.3 is 0 Å². The van der Waals surface area contributed by atoms with Crippen molar-refractivity contribution in [2.45, 2.75) is 22.9 Å². The molecule has 0 aliphatic carbocycles. The van der Waals surface area contributed by atoms with Gasteiger partial charge in [0.1, 0.15) is 0 Å².